The maximum atomic E-state index is 5.86. The maximum Gasteiger partial charge on any atom is 0.0599 e. The Bertz CT molecular complexity index is 253. The first-order chi connectivity index (χ1) is 5.00. The summed E-state index contributed by atoms with van der Waals surface area (Å²) in [7, 11) is 0. The Labute approximate surface area is 79.6 Å². The van der Waals surface area contributed by atoms with Crippen LogP contribution in [0.4, 0.5) is 0 Å². The average molecular weight is 187 g/mol. The molecule has 0 bridgehead atoms. The van der Waals surface area contributed by atoms with Crippen molar-refractivity contribution in [1.29, 1.82) is 0 Å². The van der Waals surface area contributed by atoms with Gasteiger partial charge in [-0.3, -0.25) is 4.98 Å². The Morgan fingerprint density at radius 2 is 2.00 bits per heavy atom. The molecule has 0 saturated carbocycles. The van der Waals surface area contributed by atoms with E-state index in [1.165, 1.54) is 5.56 Å². The van der Waals surface area contributed by atoms with Gasteiger partial charge in [0.05, 0.1) is 11.2 Å². The lowest BCUT2D eigenvalue weighted by molar-refractivity contribution is 0.534. The quantitative estimate of drug-likeness (QED) is 0.729. The van der Waals surface area contributed by atoms with Crippen molar-refractivity contribution in [2.45, 2.75) is 26.3 Å². The van der Waals surface area contributed by atoms with Gasteiger partial charge in [-0.15, -0.1) is 12.4 Å². The highest BCUT2D eigenvalue weighted by Gasteiger charge is 2.14. The van der Waals surface area contributed by atoms with Gasteiger partial charge in [0, 0.05) is 6.20 Å². The van der Waals surface area contributed by atoms with E-state index in [0.29, 0.717) is 0 Å². The van der Waals surface area contributed by atoms with E-state index in [2.05, 4.69) is 4.98 Å². The molecule has 1 aromatic rings. The van der Waals surface area contributed by atoms with Gasteiger partial charge in [-0.1, -0.05) is 0 Å². The monoisotopic (exact) mass is 186 g/mol. The van der Waals surface area contributed by atoms with Crippen LogP contribution in [0.5, 0.6) is 0 Å². The van der Waals surface area contributed by atoms with Gasteiger partial charge in [-0.25, -0.2) is 0 Å². The molecule has 0 fully saturated rings. The largest absolute Gasteiger partial charge is 0.321 e. The molecule has 0 spiro atoms. The fourth-order valence-corrected chi connectivity index (χ4v) is 0.889. The molecule has 0 aliphatic rings. The average Bonchev–Trinajstić information content (AvgIpc) is 1.86. The van der Waals surface area contributed by atoms with E-state index in [0.717, 1.165) is 5.69 Å². The summed E-state index contributed by atoms with van der Waals surface area (Å²) in [6, 6.07) is 3.98. The predicted octanol–water partition coefficient (Wildman–Crippen LogP) is 2.01. The van der Waals surface area contributed by atoms with Crippen molar-refractivity contribution < 1.29 is 0 Å². The van der Waals surface area contributed by atoms with Crippen molar-refractivity contribution in [3.8, 4) is 0 Å². The minimum absolute atomic E-state index is 0. The van der Waals surface area contributed by atoms with Crippen molar-refractivity contribution in [1.82, 2.24) is 4.98 Å². The van der Waals surface area contributed by atoms with E-state index in [4.69, 9.17) is 5.73 Å². The molecule has 1 heterocycles. The standard InChI is InChI=1S/C9H14N2.ClH/c1-7-4-5-11-8(6-7)9(2,3)10;/h4-6H,10H2,1-3H3;1H. The lowest BCUT2D eigenvalue weighted by atomic mass is 10.0. The number of pyridine rings is 1. The molecule has 0 aliphatic carbocycles. The Morgan fingerprint density at radius 3 is 2.33 bits per heavy atom. The Balaban J connectivity index is 0.00000121. The van der Waals surface area contributed by atoms with Gasteiger partial charge in [0.1, 0.15) is 0 Å². The van der Waals surface area contributed by atoms with Crippen LogP contribution in [0.1, 0.15) is 25.1 Å². The highest BCUT2D eigenvalue weighted by Crippen LogP contribution is 2.14. The molecule has 68 valence electrons. The molecular formula is C9H15ClN2. The summed E-state index contributed by atoms with van der Waals surface area (Å²) in [6.45, 7) is 5.94. The third-order valence-electron chi connectivity index (χ3n) is 1.58. The summed E-state index contributed by atoms with van der Waals surface area (Å²) >= 11 is 0. The van der Waals surface area contributed by atoms with Crippen LogP contribution in [0, 0.1) is 6.92 Å². The van der Waals surface area contributed by atoms with E-state index in [9.17, 15) is 0 Å². The Morgan fingerprint density at radius 1 is 1.42 bits per heavy atom. The number of halogens is 1. The number of nitrogens with zero attached hydrogens (tertiary/aromatic N) is 1. The zero-order chi connectivity index (χ0) is 8.48. The summed E-state index contributed by atoms with van der Waals surface area (Å²) in [5.74, 6) is 0. The van der Waals surface area contributed by atoms with Gasteiger partial charge in [0.25, 0.3) is 0 Å². The summed E-state index contributed by atoms with van der Waals surface area (Å²) in [5, 5.41) is 0. The number of aromatic nitrogens is 1. The zero-order valence-electron chi connectivity index (χ0n) is 7.66. The van der Waals surface area contributed by atoms with Crippen LogP contribution in [-0.4, -0.2) is 4.98 Å². The van der Waals surface area contributed by atoms with Gasteiger partial charge in [-0.2, -0.15) is 0 Å². The molecule has 0 unspecified atom stereocenters. The van der Waals surface area contributed by atoms with Crippen LogP contribution in [0.2, 0.25) is 0 Å². The van der Waals surface area contributed by atoms with E-state index in [1.807, 2.05) is 32.9 Å². The van der Waals surface area contributed by atoms with E-state index >= 15 is 0 Å². The third kappa shape index (κ3) is 2.80. The second-order valence-electron chi connectivity index (χ2n) is 3.44. The summed E-state index contributed by atoms with van der Waals surface area (Å²) in [4.78, 5) is 4.19. The molecule has 0 aliphatic heterocycles. The molecule has 0 atom stereocenters. The molecule has 1 aromatic heterocycles. The second-order valence-corrected chi connectivity index (χ2v) is 3.44. The van der Waals surface area contributed by atoms with Crippen LogP contribution in [0.25, 0.3) is 0 Å². The van der Waals surface area contributed by atoms with Gasteiger partial charge >= 0.3 is 0 Å². The number of nitrogens with two attached hydrogens (primary N) is 1. The van der Waals surface area contributed by atoms with Crippen molar-refractivity contribution in [3.63, 3.8) is 0 Å². The van der Waals surface area contributed by atoms with E-state index in [1.54, 1.807) is 6.20 Å². The predicted molar refractivity (Wildman–Crippen MR) is 53.4 cm³/mol. The van der Waals surface area contributed by atoms with Gasteiger partial charge in [-0.05, 0) is 38.5 Å². The van der Waals surface area contributed by atoms with Crippen LogP contribution in [-0.2, 0) is 5.54 Å². The van der Waals surface area contributed by atoms with Crippen LogP contribution >= 0.6 is 12.4 Å². The maximum absolute atomic E-state index is 5.86. The number of rotatable bonds is 1. The van der Waals surface area contributed by atoms with E-state index in [-0.39, 0.29) is 17.9 Å². The van der Waals surface area contributed by atoms with Crippen LogP contribution in [0.3, 0.4) is 0 Å². The smallest absolute Gasteiger partial charge is 0.0599 e. The lowest BCUT2D eigenvalue weighted by Gasteiger charge is -2.17. The summed E-state index contributed by atoms with van der Waals surface area (Å²) in [5.41, 5.74) is 7.68. The molecule has 0 amide bonds. The number of aryl methyl sites for hydroxylation is 1. The molecule has 0 saturated heterocycles. The molecule has 0 radical (unpaired) electrons. The van der Waals surface area contributed by atoms with E-state index < -0.39 is 0 Å². The lowest BCUT2D eigenvalue weighted by Crippen LogP contribution is -2.29. The zero-order valence-corrected chi connectivity index (χ0v) is 8.48. The molecule has 2 nitrogen and oxygen atoms in total. The minimum atomic E-state index is -0.327. The first-order valence-corrected chi connectivity index (χ1v) is 3.72. The third-order valence-corrected chi connectivity index (χ3v) is 1.58. The molecule has 0 aromatic carbocycles. The molecule has 3 heteroatoms. The van der Waals surface area contributed by atoms with Crippen LogP contribution in [0.15, 0.2) is 18.3 Å². The van der Waals surface area contributed by atoms with Crippen molar-refractivity contribution in [3.05, 3.63) is 29.6 Å². The normalized spacial score (nSPS) is 10.7. The van der Waals surface area contributed by atoms with Gasteiger partial charge in [0.2, 0.25) is 0 Å². The molecular weight excluding hydrogens is 172 g/mol. The molecule has 12 heavy (non-hydrogen) atoms. The Hall–Kier alpha value is -0.600. The topological polar surface area (TPSA) is 38.9 Å². The van der Waals surface area contributed by atoms with Crippen molar-refractivity contribution >= 4 is 12.4 Å². The first-order valence-electron chi connectivity index (χ1n) is 3.72. The summed E-state index contributed by atoms with van der Waals surface area (Å²) in [6.07, 6.45) is 1.79. The molecule has 1 rings (SSSR count). The van der Waals surface area contributed by atoms with Crippen molar-refractivity contribution in [2.75, 3.05) is 0 Å². The highest BCUT2D eigenvalue weighted by atomic mass is 35.5. The fraction of sp³-hybridized carbons (Fsp3) is 0.444. The van der Waals surface area contributed by atoms with Crippen LogP contribution < -0.4 is 5.73 Å². The SMILES string of the molecule is Cc1ccnc(C(C)(C)N)c1.Cl. The molecule has 2 N–H and O–H groups in total. The van der Waals surface area contributed by atoms with Gasteiger partial charge < -0.3 is 5.73 Å². The summed E-state index contributed by atoms with van der Waals surface area (Å²) < 4.78 is 0. The number of hydrogen-bond acceptors (Lipinski definition) is 2. The minimum Gasteiger partial charge on any atom is -0.321 e. The highest BCUT2D eigenvalue weighted by molar-refractivity contribution is 5.85. The first kappa shape index (κ1) is 11.4. The fourth-order valence-electron chi connectivity index (χ4n) is 0.889. The second kappa shape index (κ2) is 3.87. The Kier molecular flexibility index (Phi) is 3.68. The number of hydrogen-bond donors (Lipinski definition) is 1. The van der Waals surface area contributed by atoms with Gasteiger partial charge in [0.15, 0.2) is 0 Å². The van der Waals surface area contributed by atoms with Crippen molar-refractivity contribution in [2.24, 2.45) is 5.73 Å².